The van der Waals surface area contributed by atoms with Crippen LogP contribution in [0.4, 0.5) is 5.69 Å². The number of amides is 2. The molecule has 0 fully saturated rings. The van der Waals surface area contributed by atoms with Crippen molar-refractivity contribution in [1.29, 1.82) is 0 Å². The second-order valence-corrected chi connectivity index (χ2v) is 11.1. The molecule has 0 saturated carbocycles. The number of carbonyl (C=O) groups excluding carboxylic acids is 2. The topological polar surface area (TPSA) is 86.8 Å². The van der Waals surface area contributed by atoms with E-state index in [9.17, 15) is 18.0 Å². The molecule has 0 aliphatic rings. The Labute approximate surface area is 214 Å². The van der Waals surface area contributed by atoms with Gasteiger partial charge in [0.05, 0.1) is 11.9 Å². The Morgan fingerprint density at radius 2 is 1.66 bits per heavy atom. The Morgan fingerprint density at radius 3 is 2.23 bits per heavy atom. The Morgan fingerprint density at radius 1 is 1.03 bits per heavy atom. The van der Waals surface area contributed by atoms with Crippen LogP contribution in [0.25, 0.3) is 0 Å². The summed E-state index contributed by atoms with van der Waals surface area (Å²) in [6, 6.07) is 13.7. The molecule has 0 spiro atoms. The van der Waals surface area contributed by atoms with Crippen molar-refractivity contribution in [2.75, 3.05) is 23.7 Å². The maximum absolute atomic E-state index is 13.3. The summed E-state index contributed by atoms with van der Waals surface area (Å²) in [5.41, 5.74) is 2.53. The third kappa shape index (κ3) is 9.18. The van der Waals surface area contributed by atoms with Crippen molar-refractivity contribution in [3.63, 3.8) is 0 Å². The summed E-state index contributed by atoms with van der Waals surface area (Å²) in [5.74, 6) is -0.397. The molecular formula is C26H36ClN3O4S. The van der Waals surface area contributed by atoms with Crippen molar-refractivity contribution in [3.05, 3.63) is 64.7 Å². The molecule has 1 N–H and O–H groups in total. The summed E-state index contributed by atoms with van der Waals surface area (Å²) in [4.78, 5) is 27.6. The molecule has 0 unspecified atom stereocenters. The van der Waals surface area contributed by atoms with Crippen LogP contribution in [0.5, 0.6) is 0 Å². The van der Waals surface area contributed by atoms with Gasteiger partial charge in [-0.3, -0.25) is 13.9 Å². The lowest BCUT2D eigenvalue weighted by Crippen LogP contribution is -2.48. The van der Waals surface area contributed by atoms with E-state index in [-0.39, 0.29) is 24.8 Å². The van der Waals surface area contributed by atoms with Gasteiger partial charge in [0.2, 0.25) is 21.8 Å². The summed E-state index contributed by atoms with van der Waals surface area (Å²) in [6.45, 7) is 6.77. The molecule has 2 amide bonds. The number of halogens is 1. The van der Waals surface area contributed by atoms with Gasteiger partial charge in [-0.1, -0.05) is 54.8 Å². The average molecular weight is 522 g/mol. The van der Waals surface area contributed by atoms with Gasteiger partial charge in [0.25, 0.3) is 0 Å². The molecule has 0 aromatic heterocycles. The minimum Gasteiger partial charge on any atom is -0.354 e. The lowest BCUT2D eigenvalue weighted by molar-refractivity contribution is -0.140. The smallest absolute Gasteiger partial charge is 0.242 e. The van der Waals surface area contributed by atoms with E-state index in [4.69, 9.17) is 11.6 Å². The Hall–Kier alpha value is -2.58. The Balaban J connectivity index is 2.12. The second kappa shape index (κ2) is 13.5. The fourth-order valence-electron chi connectivity index (χ4n) is 3.62. The molecule has 192 valence electrons. The maximum Gasteiger partial charge on any atom is 0.242 e. The van der Waals surface area contributed by atoms with Crippen molar-refractivity contribution in [3.8, 4) is 0 Å². The molecule has 1 atom stereocenters. The van der Waals surface area contributed by atoms with Crippen LogP contribution in [0.1, 0.15) is 50.7 Å². The van der Waals surface area contributed by atoms with Crippen LogP contribution in [-0.2, 0) is 26.2 Å². The van der Waals surface area contributed by atoms with Gasteiger partial charge in [-0.2, -0.15) is 0 Å². The number of nitrogens with one attached hydrogen (secondary N) is 1. The molecule has 2 aromatic carbocycles. The largest absolute Gasteiger partial charge is 0.354 e. The monoisotopic (exact) mass is 521 g/mol. The Bertz CT molecular complexity index is 1070. The van der Waals surface area contributed by atoms with E-state index in [2.05, 4.69) is 5.32 Å². The van der Waals surface area contributed by atoms with Crippen LogP contribution in [0.3, 0.4) is 0 Å². The van der Waals surface area contributed by atoms with Crippen LogP contribution < -0.4 is 9.62 Å². The first-order valence-corrected chi connectivity index (χ1v) is 14.1. The van der Waals surface area contributed by atoms with E-state index >= 15 is 0 Å². The number of carbonyl (C=O) groups is 2. The summed E-state index contributed by atoms with van der Waals surface area (Å²) >= 11 is 5.93. The van der Waals surface area contributed by atoms with E-state index in [1.54, 1.807) is 36.1 Å². The van der Waals surface area contributed by atoms with E-state index in [0.29, 0.717) is 30.2 Å². The normalized spacial score (nSPS) is 12.1. The van der Waals surface area contributed by atoms with Gasteiger partial charge in [-0.15, -0.1) is 0 Å². The van der Waals surface area contributed by atoms with Gasteiger partial charge in [-0.25, -0.2) is 8.42 Å². The SMILES string of the molecule is CCCCNC(=O)[C@@H](C)N(Cc1ccc(C)cc1)C(=O)CCCN(c1ccc(Cl)cc1)S(C)(=O)=O. The second-order valence-electron chi connectivity index (χ2n) is 8.74. The van der Waals surface area contributed by atoms with Crippen molar-refractivity contribution in [2.45, 2.75) is 59.0 Å². The molecular weight excluding hydrogens is 486 g/mol. The van der Waals surface area contributed by atoms with Gasteiger partial charge in [0, 0.05) is 31.1 Å². The van der Waals surface area contributed by atoms with Crippen LogP contribution in [-0.4, -0.2) is 50.5 Å². The van der Waals surface area contributed by atoms with E-state index in [1.165, 1.54) is 4.31 Å². The predicted molar refractivity (Wildman–Crippen MR) is 142 cm³/mol. The van der Waals surface area contributed by atoms with Gasteiger partial charge in [0.15, 0.2) is 0 Å². The third-order valence-corrected chi connectivity index (χ3v) is 7.18. The first kappa shape index (κ1) is 28.7. The number of unbranched alkanes of at least 4 members (excludes halogenated alkanes) is 1. The highest BCUT2D eigenvalue weighted by atomic mass is 35.5. The minimum absolute atomic E-state index is 0.109. The minimum atomic E-state index is -3.54. The zero-order valence-electron chi connectivity index (χ0n) is 21.0. The van der Waals surface area contributed by atoms with Gasteiger partial charge in [-0.05, 0) is 56.5 Å². The molecule has 0 radical (unpaired) electrons. The average Bonchev–Trinajstić information content (AvgIpc) is 2.81. The molecule has 2 rings (SSSR count). The fraction of sp³-hybridized carbons (Fsp3) is 0.462. The zero-order valence-corrected chi connectivity index (χ0v) is 22.5. The predicted octanol–water partition coefficient (Wildman–Crippen LogP) is 4.53. The van der Waals surface area contributed by atoms with Crippen LogP contribution >= 0.6 is 11.6 Å². The number of sulfonamides is 1. The highest BCUT2D eigenvalue weighted by molar-refractivity contribution is 7.92. The van der Waals surface area contributed by atoms with Gasteiger partial charge < -0.3 is 10.2 Å². The first-order valence-electron chi connectivity index (χ1n) is 11.9. The van der Waals surface area contributed by atoms with E-state index in [1.807, 2.05) is 38.1 Å². The van der Waals surface area contributed by atoms with Crippen LogP contribution in [0, 0.1) is 6.92 Å². The molecule has 0 aliphatic heterocycles. The van der Waals surface area contributed by atoms with Gasteiger partial charge >= 0.3 is 0 Å². The number of hydrogen-bond donors (Lipinski definition) is 1. The summed E-state index contributed by atoms with van der Waals surface area (Å²) in [6.07, 6.45) is 3.39. The maximum atomic E-state index is 13.3. The van der Waals surface area contributed by atoms with Gasteiger partial charge in [0.1, 0.15) is 6.04 Å². The number of nitrogens with zero attached hydrogens (tertiary/aromatic N) is 2. The van der Waals surface area contributed by atoms with E-state index in [0.717, 1.165) is 30.2 Å². The van der Waals surface area contributed by atoms with E-state index < -0.39 is 16.1 Å². The van der Waals surface area contributed by atoms with Crippen molar-refractivity contribution in [1.82, 2.24) is 10.2 Å². The zero-order chi connectivity index (χ0) is 26.0. The molecule has 9 heteroatoms. The molecule has 35 heavy (non-hydrogen) atoms. The highest BCUT2D eigenvalue weighted by Crippen LogP contribution is 2.21. The lowest BCUT2D eigenvalue weighted by Gasteiger charge is -2.29. The lowest BCUT2D eigenvalue weighted by atomic mass is 10.1. The number of hydrogen-bond acceptors (Lipinski definition) is 4. The number of rotatable bonds is 13. The standard InChI is InChI=1S/C26H36ClN3O4S/c1-5-6-17-28-26(32)21(3)29(19-22-11-9-20(2)10-12-22)25(31)8-7-18-30(35(4,33)34)24-15-13-23(27)14-16-24/h9-16,21H,5-8,17-19H2,1-4H3,(H,28,32)/t21-/m1/s1. The van der Waals surface area contributed by atoms with Crippen molar-refractivity contribution in [2.24, 2.45) is 0 Å². The molecule has 2 aromatic rings. The third-order valence-electron chi connectivity index (χ3n) is 5.74. The molecule has 0 bridgehead atoms. The van der Waals surface area contributed by atoms with Crippen LogP contribution in [0.2, 0.25) is 5.02 Å². The Kier molecular flexibility index (Phi) is 11.0. The summed E-state index contributed by atoms with van der Waals surface area (Å²) < 4.78 is 26.0. The highest BCUT2D eigenvalue weighted by Gasteiger charge is 2.26. The fourth-order valence-corrected chi connectivity index (χ4v) is 4.71. The van der Waals surface area contributed by atoms with Crippen molar-refractivity contribution >= 4 is 39.1 Å². The molecule has 0 heterocycles. The molecule has 7 nitrogen and oxygen atoms in total. The summed E-state index contributed by atoms with van der Waals surface area (Å²) in [7, 11) is -3.54. The quantitative estimate of drug-likeness (QED) is 0.392. The first-order chi connectivity index (χ1) is 16.5. The van der Waals surface area contributed by atoms with Crippen molar-refractivity contribution < 1.29 is 18.0 Å². The summed E-state index contributed by atoms with van der Waals surface area (Å²) in [5, 5.41) is 3.41. The number of anilines is 1. The molecule has 0 aliphatic carbocycles. The number of aryl methyl sites for hydroxylation is 1. The van der Waals surface area contributed by atoms with Crippen LogP contribution in [0.15, 0.2) is 48.5 Å². The number of benzene rings is 2. The molecule has 0 saturated heterocycles.